The van der Waals surface area contributed by atoms with Gasteiger partial charge < -0.3 is 5.73 Å². The molecule has 4 nitrogen and oxygen atoms in total. The van der Waals surface area contributed by atoms with Crippen LogP contribution >= 0.6 is 0 Å². The zero-order valence-electron chi connectivity index (χ0n) is 9.98. The first kappa shape index (κ1) is 10.3. The summed E-state index contributed by atoms with van der Waals surface area (Å²) in [7, 11) is 2.22. The summed E-state index contributed by atoms with van der Waals surface area (Å²) in [5, 5.41) is 7.14. The molecule has 4 atom stereocenters. The Morgan fingerprint density at radius 2 is 2.38 bits per heavy atom. The smallest absolute Gasteiger partial charge is 0.0627 e. The highest BCUT2D eigenvalue weighted by Gasteiger charge is 2.46. The molecule has 1 aliphatic carbocycles. The number of likely N-dealkylation sites (N-methyl/N-ethyl adjacent to an activating group) is 1. The van der Waals surface area contributed by atoms with Gasteiger partial charge in [-0.3, -0.25) is 10.00 Å². The third kappa shape index (κ3) is 1.33. The highest BCUT2D eigenvalue weighted by Crippen LogP contribution is 2.45. The maximum atomic E-state index is 6.41. The molecule has 4 unspecified atom stereocenters. The van der Waals surface area contributed by atoms with Crippen molar-refractivity contribution in [3.05, 3.63) is 17.5 Å². The van der Waals surface area contributed by atoms with E-state index >= 15 is 0 Å². The van der Waals surface area contributed by atoms with E-state index in [1.807, 2.05) is 6.20 Å². The topological polar surface area (TPSA) is 57.9 Å². The number of nitrogens with two attached hydrogens (primary N) is 1. The van der Waals surface area contributed by atoms with Gasteiger partial charge in [-0.15, -0.1) is 0 Å². The molecule has 1 aromatic heterocycles. The molecule has 1 aliphatic heterocycles. The van der Waals surface area contributed by atoms with E-state index < -0.39 is 0 Å². The molecule has 0 radical (unpaired) electrons. The number of likely N-dealkylation sites (tertiary alicyclic amines) is 1. The van der Waals surface area contributed by atoms with E-state index in [0.717, 1.165) is 17.7 Å². The van der Waals surface area contributed by atoms with E-state index in [0.29, 0.717) is 6.04 Å². The minimum absolute atomic E-state index is 0.0859. The van der Waals surface area contributed by atoms with Crippen LogP contribution in [0.5, 0.6) is 0 Å². The third-order valence-corrected chi connectivity index (χ3v) is 4.54. The van der Waals surface area contributed by atoms with E-state index in [9.17, 15) is 0 Å². The minimum atomic E-state index is 0.0859. The molecule has 2 heterocycles. The fourth-order valence-corrected chi connectivity index (χ4v) is 3.66. The monoisotopic (exact) mass is 220 g/mol. The number of piperidine rings is 1. The second-order valence-corrected chi connectivity index (χ2v) is 5.38. The molecule has 2 aliphatic rings. The number of H-pyrrole nitrogens is 1. The molecule has 3 rings (SSSR count). The highest BCUT2D eigenvalue weighted by molar-refractivity contribution is 5.21. The lowest BCUT2D eigenvalue weighted by Crippen LogP contribution is -2.44. The molecule has 88 valence electrons. The van der Waals surface area contributed by atoms with Crippen LogP contribution in [0.1, 0.15) is 36.6 Å². The highest BCUT2D eigenvalue weighted by atomic mass is 15.2. The van der Waals surface area contributed by atoms with Crippen molar-refractivity contribution in [3.63, 3.8) is 0 Å². The van der Waals surface area contributed by atoms with Gasteiger partial charge in [0, 0.05) is 12.1 Å². The van der Waals surface area contributed by atoms with Gasteiger partial charge in [0.15, 0.2) is 0 Å². The zero-order chi connectivity index (χ0) is 11.3. The van der Waals surface area contributed by atoms with E-state index in [1.165, 1.54) is 24.8 Å². The normalized spacial score (nSPS) is 35.8. The number of fused-ring (bicyclic) bond motifs is 2. The molecule has 0 aromatic carbocycles. The molecule has 3 N–H and O–H groups in total. The molecule has 4 heteroatoms. The van der Waals surface area contributed by atoms with Crippen LogP contribution in [-0.4, -0.2) is 34.2 Å². The second kappa shape index (κ2) is 3.57. The molecular formula is C12H20N4. The lowest BCUT2D eigenvalue weighted by Gasteiger charge is -2.35. The Bertz CT molecular complexity index is 384. The maximum absolute atomic E-state index is 6.41. The third-order valence-electron chi connectivity index (χ3n) is 4.54. The summed E-state index contributed by atoms with van der Waals surface area (Å²) >= 11 is 0. The number of hydrogen-bond acceptors (Lipinski definition) is 3. The standard InChI is InChI=1S/C12H20N4/c1-7-6-14-15-11(7)10(13)12-8-3-4-9(5-8)16(12)2/h6,8-10,12H,3-5,13H2,1-2H3,(H,14,15). The SMILES string of the molecule is Cc1cn[nH]c1C(N)C1C2CCC(C2)N1C. The van der Waals surface area contributed by atoms with Crippen LogP contribution in [-0.2, 0) is 0 Å². The molecule has 2 bridgehead atoms. The number of rotatable bonds is 2. The van der Waals surface area contributed by atoms with Crippen LogP contribution in [0.4, 0.5) is 0 Å². The lowest BCUT2D eigenvalue weighted by atomic mass is 9.90. The van der Waals surface area contributed by atoms with Gasteiger partial charge in [0.1, 0.15) is 0 Å². The van der Waals surface area contributed by atoms with Gasteiger partial charge in [-0.2, -0.15) is 5.10 Å². The first-order valence-corrected chi connectivity index (χ1v) is 6.16. The Kier molecular flexibility index (Phi) is 2.30. The van der Waals surface area contributed by atoms with E-state index in [1.54, 1.807) is 0 Å². The molecule has 1 saturated carbocycles. The van der Waals surface area contributed by atoms with Crippen molar-refractivity contribution in [2.24, 2.45) is 11.7 Å². The Labute approximate surface area is 96.2 Å². The van der Waals surface area contributed by atoms with Crippen LogP contribution < -0.4 is 5.73 Å². The number of nitrogens with one attached hydrogen (secondary N) is 1. The summed E-state index contributed by atoms with van der Waals surface area (Å²) in [6, 6.07) is 1.35. The van der Waals surface area contributed by atoms with Crippen molar-refractivity contribution in [3.8, 4) is 0 Å². The molecule has 16 heavy (non-hydrogen) atoms. The van der Waals surface area contributed by atoms with Gasteiger partial charge in [-0.25, -0.2) is 0 Å². The van der Waals surface area contributed by atoms with Gasteiger partial charge in [0.2, 0.25) is 0 Å². The van der Waals surface area contributed by atoms with Crippen molar-refractivity contribution >= 4 is 0 Å². The van der Waals surface area contributed by atoms with E-state index in [2.05, 4.69) is 29.1 Å². The van der Waals surface area contributed by atoms with Gasteiger partial charge in [-0.05, 0) is 44.7 Å². The summed E-state index contributed by atoms with van der Waals surface area (Å²) in [5.41, 5.74) is 8.71. The van der Waals surface area contributed by atoms with Crippen LogP contribution in [0.25, 0.3) is 0 Å². The van der Waals surface area contributed by atoms with Gasteiger partial charge in [0.05, 0.1) is 17.9 Å². The second-order valence-electron chi connectivity index (χ2n) is 5.38. The van der Waals surface area contributed by atoms with Crippen molar-refractivity contribution < 1.29 is 0 Å². The first-order valence-electron chi connectivity index (χ1n) is 6.16. The number of aryl methyl sites for hydroxylation is 1. The Balaban J connectivity index is 1.86. The van der Waals surface area contributed by atoms with Crippen molar-refractivity contribution in [2.75, 3.05) is 7.05 Å². The molecule has 1 aromatic rings. The van der Waals surface area contributed by atoms with Gasteiger partial charge in [-0.1, -0.05) is 0 Å². The zero-order valence-corrected chi connectivity index (χ0v) is 9.98. The van der Waals surface area contributed by atoms with Crippen molar-refractivity contribution in [1.82, 2.24) is 15.1 Å². The average molecular weight is 220 g/mol. The maximum Gasteiger partial charge on any atom is 0.0627 e. The Hall–Kier alpha value is -0.870. The predicted octanol–water partition coefficient (Wildman–Crippen LogP) is 1.20. The minimum Gasteiger partial charge on any atom is -0.321 e. The molecule has 1 saturated heterocycles. The summed E-state index contributed by atoms with van der Waals surface area (Å²) < 4.78 is 0. The molecule has 0 amide bonds. The molecule has 0 spiro atoms. The molecular weight excluding hydrogens is 200 g/mol. The summed E-state index contributed by atoms with van der Waals surface area (Å²) in [5.74, 6) is 0.785. The summed E-state index contributed by atoms with van der Waals surface area (Å²) in [4.78, 5) is 2.49. The average Bonchev–Trinajstić information content (AvgIpc) is 2.92. The predicted molar refractivity (Wildman–Crippen MR) is 62.9 cm³/mol. The van der Waals surface area contributed by atoms with Crippen LogP contribution in [0.15, 0.2) is 6.20 Å². The summed E-state index contributed by atoms with van der Waals surface area (Å²) in [6.45, 7) is 2.08. The number of aromatic nitrogens is 2. The summed E-state index contributed by atoms with van der Waals surface area (Å²) in [6.07, 6.45) is 5.90. The number of aromatic amines is 1. The lowest BCUT2D eigenvalue weighted by molar-refractivity contribution is 0.150. The van der Waals surface area contributed by atoms with E-state index in [4.69, 9.17) is 5.73 Å². The Morgan fingerprint density at radius 3 is 2.94 bits per heavy atom. The van der Waals surface area contributed by atoms with Crippen LogP contribution in [0.3, 0.4) is 0 Å². The van der Waals surface area contributed by atoms with Crippen LogP contribution in [0.2, 0.25) is 0 Å². The van der Waals surface area contributed by atoms with Crippen molar-refractivity contribution in [1.29, 1.82) is 0 Å². The number of nitrogens with zero attached hydrogens (tertiary/aromatic N) is 2. The Morgan fingerprint density at radius 1 is 1.56 bits per heavy atom. The number of hydrogen-bond donors (Lipinski definition) is 2. The molecule has 2 fully saturated rings. The van der Waals surface area contributed by atoms with Crippen molar-refractivity contribution in [2.45, 2.75) is 44.3 Å². The largest absolute Gasteiger partial charge is 0.321 e. The van der Waals surface area contributed by atoms with E-state index in [-0.39, 0.29) is 6.04 Å². The fourth-order valence-electron chi connectivity index (χ4n) is 3.66. The van der Waals surface area contributed by atoms with Crippen LogP contribution in [0, 0.1) is 12.8 Å². The fraction of sp³-hybridized carbons (Fsp3) is 0.750. The van der Waals surface area contributed by atoms with Gasteiger partial charge in [0.25, 0.3) is 0 Å². The quantitative estimate of drug-likeness (QED) is 0.787. The van der Waals surface area contributed by atoms with Gasteiger partial charge >= 0.3 is 0 Å². The first-order chi connectivity index (χ1) is 7.68.